The predicted octanol–water partition coefficient (Wildman–Crippen LogP) is 2.48. The van der Waals surface area contributed by atoms with Crippen LogP contribution in [0.2, 0.25) is 10.0 Å². The average molecular weight is 485 g/mol. The van der Waals surface area contributed by atoms with E-state index >= 15 is 0 Å². The first-order valence-electron chi connectivity index (χ1n) is 9.18. The highest BCUT2D eigenvalue weighted by Gasteiger charge is 2.47. The van der Waals surface area contributed by atoms with E-state index in [0.29, 0.717) is 28.0 Å². The Kier molecular flexibility index (Phi) is 7.51. The lowest BCUT2D eigenvalue weighted by atomic mass is 9.82. The first kappa shape index (κ1) is 23.4. The molecule has 1 saturated heterocycles. The third-order valence-corrected chi connectivity index (χ3v) is 6.91. The number of rotatable bonds is 8. The van der Waals surface area contributed by atoms with Crippen LogP contribution in [-0.2, 0) is 15.8 Å². The van der Waals surface area contributed by atoms with Gasteiger partial charge in [0.2, 0.25) is 5.91 Å². The van der Waals surface area contributed by atoms with Crippen molar-refractivity contribution in [3.05, 3.63) is 57.8 Å². The van der Waals surface area contributed by atoms with Gasteiger partial charge in [-0.1, -0.05) is 23.2 Å². The lowest BCUT2D eigenvalue weighted by molar-refractivity contribution is -0.121. The van der Waals surface area contributed by atoms with Gasteiger partial charge in [0.25, 0.3) is 0 Å². The molecule has 0 bridgehead atoms. The van der Waals surface area contributed by atoms with Gasteiger partial charge in [0.05, 0.1) is 28.6 Å². The number of halogens is 3. The highest BCUT2D eigenvalue weighted by molar-refractivity contribution is 7.82. The molecule has 3 N–H and O–H groups in total. The van der Waals surface area contributed by atoms with Gasteiger partial charge in [-0.05, 0) is 30.3 Å². The maximum absolute atomic E-state index is 13.8. The molecule has 0 aliphatic carbocycles. The molecule has 164 valence electrons. The molecule has 1 unspecified atom stereocenters. The summed E-state index contributed by atoms with van der Waals surface area (Å²) >= 11 is 12.1. The largest absolute Gasteiger partial charge is 0.493 e. The van der Waals surface area contributed by atoms with Crippen LogP contribution in [0, 0.1) is 22.6 Å². The standard InChI is InChI=1S/C20H19Cl2FN4O3S/c21-14-2-4-18(16(22)5-14)31(29)27-10-20(11-27,9-26-19(28)8-25)12-30-15-3-1-13(7-24)17(23)6-15/h1-6H,8-12,25H2,(H,26,28). The molecule has 11 heteroatoms. The molecule has 1 aliphatic heterocycles. The van der Waals surface area contributed by atoms with Gasteiger partial charge in [0.1, 0.15) is 28.6 Å². The van der Waals surface area contributed by atoms with E-state index in [0.717, 1.165) is 6.07 Å². The summed E-state index contributed by atoms with van der Waals surface area (Å²) in [4.78, 5) is 12.1. The van der Waals surface area contributed by atoms with Crippen molar-refractivity contribution in [3.63, 3.8) is 0 Å². The summed E-state index contributed by atoms with van der Waals surface area (Å²) < 4.78 is 34.2. The molecule has 1 atom stereocenters. The van der Waals surface area contributed by atoms with Gasteiger partial charge in [-0.25, -0.2) is 12.9 Å². The predicted molar refractivity (Wildman–Crippen MR) is 116 cm³/mol. The molecule has 0 saturated carbocycles. The molecule has 0 spiro atoms. The number of carbonyl (C=O) groups is 1. The van der Waals surface area contributed by atoms with Gasteiger partial charge in [-0.3, -0.25) is 4.79 Å². The monoisotopic (exact) mass is 484 g/mol. The van der Waals surface area contributed by atoms with E-state index < -0.39 is 22.2 Å². The van der Waals surface area contributed by atoms with Crippen LogP contribution in [0.3, 0.4) is 0 Å². The zero-order valence-electron chi connectivity index (χ0n) is 16.2. The molecular formula is C20H19Cl2FN4O3S. The SMILES string of the molecule is N#Cc1ccc(OCC2(CNC(=O)CN)CN(S(=O)c3ccc(Cl)cc3Cl)C2)cc1F. The minimum atomic E-state index is -1.53. The Hall–Kier alpha value is -2.22. The number of nitriles is 1. The summed E-state index contributed by atoms with van der Waals surface area (Å²) in [6.45, 7) is 0.882. The third-order valence-electron chi connectivity index (χ3n) is 4.79. The van der Waals surface area contributed by atoms with E-state index in [1.165, 1.54) is 18.2 Å². The number of amides is 1. The molecule has 2 aromatic rings. The van der Waals surface area contributed by atoms with Gasteiger partial charge >= 0.3 is 0 Å². The second kappa shape index (κ2) is 9.94. The number of carbonyl (C=O) groups excluding carboxylic acids is 1. The molecule has 2 aromatic carbocycles. The number of nitrogens with zero attached hydrogens (tertiary/aromatic N) is 2. The van der Waals surface area contributed by atoms with Crippen molar-refractivity contribution in [1.29, 1.82) is 5.26 Å². The minimum Gasteiger partial charge on any atom is -0.493 e. The number of benzene rings is 2. The van der Waals surface area contributed by atoms with Crippen molar-refractivity contribution < 1.29 is 18.1 Å². The van der Waals surface area contributed by atoms with Crippen LogP contribution in [0.15, 0.2) is 41.3 Å². The van der Waals surface area contributed by atoms with Gasteiger partial charge in [-0.15, -0.1) is 0 Å². The molecule has 31 heavy (non-hydrogen) atoms. The molecule has 1 aliphatic rings. The number of nitrogens with one attached hydrogen (secondary N) is 1. The van der Waals surface area contributed by atoms with Crippen LogP contribution in [0.5, 0.6) is 5.75 Å². The maximum Gasteiger partial charge on any atom is 0.233 e. The lowest BCUT2D eigenvalue weighted by Crippen LogP contribution is -2.63. The molecule has 1 amide bonds. The van der Waals surface area contributed by atoms with Gasteiger partial charge in [-0.2, -0.15) is 5.26 Å². The van der Waals surface area contributed by atoms with Gasteiger partial charge < -0.3 is 15.8 Å². The van der Waals surface area contributed by atoms with Gasteiger partial charge in [0, 0.05) is 36.1 Å². The Balaban J connectivity index is 1.70. The number of ether oxygens (including phenoxy) is 1. The zero-order chi connectivity index (χ0) is 22.6. The fraction of sp³-hybridized carbons (Fsp3) is 0.300. The van der Waals surface area contributed by atoms with Crippen molar-refractivity contribution in [2.75, 3.05) is 32.8 Å². The summed E-state index contributed by atoms with van der Waals surface area (Å²) in [5.74, 6) is -0.760. The Morgan fingerprint density at radius 3 is 2.68 bits per heavy atom. The minimum absolute atomic E-state index is 0.0812. The molecule has 7 nitrogen and oxygen atoms in total. The number of hydrogen-bond donors (Lipinski definition) is 2. The van der Waals surface area contributed by atoms with Crippen LogP contribution >= 0.6 is 23.2 Å². The normalized spacial score (nSPS) is 16.1. The Labute approximate surface area is 191 Å². The topological polar surface area (TPSA) is 108 Å². The van der Waals surface area contributed by atoms with Crippen LogP contribution in [0.4, 0.5) is 4.39 Å². The zero-order valence-corrected chi connectivity index (χ0v) is 18.6. The first-order chi connectivity index (χ1) is 14.8. The Morgan fingerprint density at radius 1 is 1.32 bits per heavy atom. The first-order valence-corrected chi connectivity index (χ1v) is 11.0. The van der Waals surface area contributed by atoms with Crippen molar-refractivity contribution in [1.82, 2.24) is 9.62 Å². The van der Waals surface area contributed by atoms with Crippen LogP contribution in [-0.4, -0.2) is 47.2 Å². The summed E-state index contributed by atoms with van der Waals surface area (Å²) in [5.41, 5.74) is 4.71. The van der Waals surface area contributed by atoms with Crippen molar-refractivity contribution >= 4 is 40.1 Å². The third kappa shape index (κ3) is 5.53. The van der Waals surface area contributed by atoms with E-state index in [-0.39, 0.29) is 36.9 Å². The molecule has 0 radical (unpaired) electrons. The van der Waals surface area contributed by atoms with E-state index in [4.69, 9.17) is 38.9 Å². The Bertz CT molecular complexity index is 1060. The van der Waals surface area contributed by atoms with Crippen LogP contribution in [0.1, 0.15) is 5.56 Å². The highest BCUT2D eigenvalue weighted by atomic mass is 35.5. The van der Waals surface area contributed by atoms with Crippen molar-refractivity contribution in [2.24, 2.45) is 11.1 Å². The summed E-state index contributed by atoms with van der Waals surface area (Å²) in [5, 5.41) is 12.3. The van der Waals surface area contributed by atoms with Crippen molar-refractivity contribution in [2.45, 2.75) is 4.90 Å². The second-order valence-corrected chi connectivity index (χ2v) is 9.44. The smallest absolute Gasteiger partial charge is 0.233 e. The summed E-state index contributed by atoms with van der Waals surface area (Å²) in [6.07, 6.45) is 0. The fourth-order valence-electron chi connectivity index (χ4n) is 3.10. The molecular weight excluding hydrogens is 466 g/mol. The summed E-state index contributed by atoms with van der Waals surface area (Å²) in [6, 6.07) is 10.4. The van der Waals surface area contributed by atoms with E-state index in [1.54, 1.807) is 22.5 Å². The second-order valence-electron chi connectivity index (χ2n) is 7.14. The Morgan fingerprint density at radius 2 is 2.06 bits per heavy atom. The van der Waals surface area contributed by atoms with E-state index in [9.17, 15) is 13.4 Å². The molecule has 1 fully saturated rings. The van der Waals surface area contributed by atoms with Crippen LogP contribution < -0.4 is 15.8 Å². The average Bonchev–Trinajstić information content (AvgIpc) is 2.72. The summed E-state index contributed by atoms with van der Waals surface area (Å²) in [7, 11) is -1.53. The maximum atomic E-state index is 13.8. The number of nitrogens with two attached hydrogens (primary N) is 1. The van der Waals surface area contributed by atoms with Crippen molar-refractivity contribution in [3.8, 4) is 11.8 Å². The molecule has 3 rings (SSSR count). The van der Waals surface area contributed by atoms with E-state index in [2.05, 4.69) is 5.32 Å². The lowest BCUT2D eigenvalue weighted by Gasteiger charge is -2.48. The van der Waals surface area contributed by atoms with Gasteiger partial charge in [0.15, 0.2) is 0 Å². The molecule has 0 aromatic heterocycles. The fourth-order valence-corrected chi connectivity index (χ4v) is 5.18. The highest BCUT2D eigenvalue weighted by Crippen LogP contribution is 2.36. The quantitative estimate of drug-likeness (QED) is 0.598. The van der Waals surface area contributed by atoms with Crippen LogP contribution in [0.25, 0.3) is 0 Å². The molecule has 1 heterocycles. The number of hydrogen-bond acceptors (Lipinski definition) is 5. The van der Waals surface area contributed by atoms with E-state index in [1.807, 2.05) is 0 Å².